The van der Waals surface area contributed by atoms with Gasteiger partial charge in [-0.2, -0.15) is 5.10 Å². The summed E-state index contributed by atoms with van der Waals surface area (Å²) in [6, 6.07) is 13.9. The van der Waals surface area contributed by atoms with Crippen molar-refractivity contribution in [2.75, 3.05) is 39.5 Å². The molecule has 2 aromatic rings. The van der Waals surface area contributed by atoms with Gasteiger partial charge < -0.3 is 24.6 Å². The molecule has 1 atom stereocenters. The van der Waals surface area contributed by atoms with Crippen LogP contribution in [0.4, 0.5) is 0 Å². The van der Waals surface area contributed by atoms with Crippen LogP contribution in [-0.4, -0.2) is 62.3 Å². The molecular weight excluding hydrogens is 458 g/mol. The second kappa shape index (κ2) is 13.4. The molecule has 1 aliphatic heterocycles. The maximum atomic E-state index is 11.3. The zero-order valence-corrected chi connectivity index (χ0v) is 21.0. The number of aryl methyl sites for hydroxylation is 1. The van der Waals surface area contributed by atoms with Crippen molar-refractivity contribution in [2.24, 2.45) is 11.0 Å². The molecule has 1 unspecified atom stereocenters. The number of hydrogen-bond donors (Lipinski definition) is 3. The van der Waals surface area contributed by atoms with E-state index in [4.69, 9.17) is 14.2 Å². The topological polar surface area (TPSA) is 101 Å². The van der Waals surface area contributed by atoms with E-state index >= 15 is 0 Å². The van der Waals surface area contributed by atoms with Crippen LogP contribution in [0.25, 0.3) is 0 Å². The van der Waals surface area contributed by atoms with Crippen LogP contribution in [-0.2, 0) is 16.0 Å². The van der Waals surface area contributed by atoms with Gasteiger partial charge in [-0.05, 0) is 79.1 Å². The molecule has 1 heterocycles. The highest BCUT2D eigenvalue weighted by Gasteiger charge is 2.20. The van der Waals surface area contributed by atoms with E-state index in [-0.39, 0.29) is 12.5 Å². The summed E-state index contributed by atoms with van der Waals surface area (Å²) in [5.41, 5.74) is 6.64. The molecular formula is C28H37N3O5. The molecule has 8 heteroatoms. The minimum atomic E-state index is -0.613. The average molecular weight is 496 g/mol. The Hall–Kier alpha value is -2.94. The van der Waals surface area contributed by atoms with Gasteiger partial charge in [0.25, 0.3) is 0 Å². The Kier molecular flexibility index (Phi) is 9.72. The fraction of sp³-hybridized carbons (Fsp3) is 0.500. The standard InChI is InChI=1S/C28H37N3O5/c1-20-16-23(26-9-11-28(33)31-30-26)6-10-27(20)35-15-13-29-17-24(32)19-36-25-7-4-21(5-8-25)12-14-34-18-22-2-3-22/h4-8,10,16,22,24,29,32H,2-3,9,11-15,17-19H2,1H3,(H,31,33). The molecule has 0 bridgehead atoms. The van der Waals surface area contributed by atoms with Crippen molar-refractivity contribution in [1.82, 2.24) is 10.7 Å². The van der Waals surface area contributed by atoms with Crippen LogP contribution in [0.15, 0.2) is 47.6 Å². The number of carbonyl (C=O) groups is 1. The Morgan fingerprint density at radius 3 is 2.67 bits per heavy atom. The number of aliphatic hydroxyl groups excluding tert-OH is 1. The monoisotopic (exact) mass is 495 g/mol. The number of aliphatic hydroxyl groups is 1. The fourth-order valence-electron chi connectivity index (χ4n) is 3.90. The van der Waals surface area contributed by atoms with Crippen LogP contribution in [0.3, 0.4) is 0 Å². The van der Waals surface area contributed by atoms with Gasteiger partial charge in [0.1, 0.15) is 30.8 Å². The molecule has 2 aromatic carbocycles. The Balaban J connectivity index is 1.07. The molecule has 2 aliphatic rings. The smallest absolute Gasteiger partial charge is 0.240 e. The van der Waals surface area contributed by atoms with Gasteiger partial charge in [0.05, 0.1) is 12.3 Å². The molecule has 1 fully saturated rings. The number of amides is 1. The number of carbonyl (C=O) groups excluding carboxylic acids is 1. The Bertz CT molecular complexity index is 1020. The lowest BCUT2D eigenvalue weighted by Crippen LogP contribution is -2.33. The van der Waals surface area contributed by atoms with E-state index in [1.54, 1.807) is 0 Å². The van der Waals surface area contributed by atoms with Crippen molar-refractivity contribution in [3.8, 4) is 11.5 Å². The van der Waals surface area contributed by atoms with Crippen LogP contribution in [0.1, 0.15) is 42.4 Å². The summed E-state index contributed by atoms with van der Waals surface area (Å²) in [5, 5.41) is 17.5. The third-order valence-electron chi connectivity index (χ3n) is 6.28. The number of hydrazone groups is 1. The van der Waals surface area contributed by atoms with Crippen LogP contribution in [0.5, 0.6) is 11.5 Å². The van der Waals surface area contributed by atoms with Gasteiger partial charge in [-0.3, -0.25) is 4.79 Å². The molecule has 36 heavy (non-hydrogen) atoms. The zero-order chi connectivity index (χ0) is 25.2. The molecule has 1 amide bonds. The van der Waals surface area contributed by atoms with Crippen molar-refractivity contribution in [3.63, 3.8) is 0 Å². The van der Waals surface area contributed by atoms with Gasteiger partial charge in [0.2, 0.25) is 5.91 Å². The lowest BCUT2D eigenvalue weighted by Gasteiger charge is -2.15. The van der Waals surface area contributed by atoms with Crippen molar-refractivity contribution < 1.29 is 24.1 Å². The van der Waals surface area contributed by atoms with E-state index in [1.807, 2.05) is 49.4 Å². The Labute approximate surface area is 213 Å². The first-order valence-electron chi connectivity index (χ1n) is 12.8. The molecule has 4 rings (SSSR count). The van der Waals surface area contributed by atoms with Crippen LogP contribution < -0.4 is 20.2 Å². The Morgan fingerprint density at radius 1 is 1.11 bits per heavy atom. The third kappa shape index (κ3) is 8.62. The number of ether oxygens (including phenoxy) is 3. The highest BCUT2D eigenvalue weighted by Crippen LogP contribution is 2.28. The zero-order valence-electron chi connectivity index (χ0n) is 21.0. The number of rotatable bonds is 15. The minimum Gasteiger partial charge on any atom is -0.492 e. The molecule has 1 saturated carbocycles. The first-order valence-corrected chi connectivity index (χ1v) is 12.8. The van der Waals surface area contributed by atoms with Gasteiger partial charge in [-0.15, -0.1) is 0 Å². The van der Waals surface area contributed by atoms with Gasteiger partial charge in [-0.1, -0.05) is 12.1 Å². The van der Waals surface area contributed by atoms with E-state index in [9.17, 15) is 9.90 Å². The van der Waals surface area contributed by atoms with Crippen molar-refractivity contribution in [1.29, 1.82) is 0 Å². The maximum absolute atomic E-state index is 11.3. The summed E-state index contributed by atoms with van der Waals surface area (Å²) in [4.78, 5) is 11.3. The average Bonchev–Trinajstić information content (AvgIpc) is 3.72. The largest absolute Gasteiger partial charge is 0.492 e. The molecule has 0 radical (unpaired) electrons. The molecule has 0 saturated heterocycles. The predicted octanol–water partition coefficient (Wildman–Crippen LogP) is 2.99. The third-order valence-corrected chi connectivity index (χ3v) is 6.28. The second-order valence-electron chi connectivity index (χ2n) is 9.50. The summed E-state index contributed by atoms with van der Waals surface area (Å²) in [6.45, 7) is 5.37. The van der Waals surface area contributed by atoms with Crippen LogP contribution in [0.2, 0.25) is 0 Å². The van der Waals surface area contributed by atoms with Crippen molar-refractivity contribution >= 4 is 11.6 Å². The SMILES string of the molecule is Cc1cc(C2=NNC(=O)CC2)ccc1OCCNCC(O)COc1ccc(CCOCC2CC2)cc1. The fourth-order valence-corrected chi connectivity index (χ4v) is 3.90. The minimum absolute atomic E-state index is 0.0472. The van der Waals surface area contributed by atoms with Gasteiger partial charge >= 0.3 is 0 Å². The maximum Gasteiger partial charge on any atom is 0.240 e. The quantitative estimate of drug-likeness (QED) is 0.329. The summed E-state index contributed by atoms with van der Waals surface area (Å²) < 4.78 is 17.3. The second-order valence-corrected chi connectivity index (χ2v) is 9.50. The normalized spacial score (nSPS) is 16.3. The summed E-state index contributed by atoms with van der Waals surface area (Å²) in [7, 11) is 0. The molecule has 8 nitrogen and oxygen atoms in total. The highest BCUT2D eigenvalue weighted by molar-refractivity contribution is 6.04. The molecule has 1 aliphatic carbocycles. The first-order chi connectivity index (χ1) is 17.6. The van der Waals surface area contributed by atoms with E-state index in [0.29, 0.717) is 32.5 Å². The lowest BCUT2D eigenvalue weighted by molar-refractivity contribution is -0.121. The van der Waals surface area contributed by atoms with E-state index < -0.39 is 6.10 Å². The molecule has 194 valence electrons. The van der Waals surface area contributed by atoms with Gasteiger partial charge in [0, 0.05) is 32.5 Å². The number of nitrogens with one attached hydrogen (secondary N) is 2. The van der Waals surface area contributed by atoms with E-state index in [1.165, 1.54) is 18.4 Å². The summed E-state index contributed by atoms with van der Waals surface area (Å²) in [5.74, 6) is 2.31. The lowest BCUT2D eigenvalue weighted by atomic mass is 10.0. The molecule has 0 spiro atoms. The number of nitrogens with zero attached hydrogens (tertiary/aromatic N) is 1. The summed E-state index contributed by atoms with van der Waals surface area (Å²) >= 11 is 0. The molecule has 3 N–H and O–H groups in total. The first kappa shape index (κ1) is 26.1. The van der Waals surface area contributed by atoms with Gasteiger partial charge in [0.15, 0.2) is 0 Å². The number of hydrogen-bond acceptors (Lipinski definition) is 7. The summed E-state index contributed by atoms with van der Waals surface area (Å²) in [6.07, 6.45) is 4.02. The molecule has 0 aromatic heterocycles. The Morgan fingerprint density at radius 2 is 1.94 bits per heavy atom. The van der Waals surface area contributed by atoms with Crippen LogP contribution >= 0.6 is 0 Å². The van der Waals surface area contributed by atoms with E-state index in [2.05, 4.69) is 15.8 Å². The highest BCUT2D eigenvalue weighted by atomic mass is 16.5. The predicted molar refractivity (Wildman–Crippen MR) is 139 cm³/mol. The number of benzene rings is 2. The van der Waals surface area contributed by atoms with E-state index in [0.717, 1.165) is 53.9 Å². The van der Waals surface area contributed by atoms with Gasteiger partial charge in [-0.25, -0.2) is 5.43 Å². The van der Waals surface area contributed by atoms with Crippen molar-refractivity contribution in [3.05, 3.63) is 59.2 Å². The van der Waals surface area contributed by atoms with Crippen molar-refractivity contribution in [2.45, 2.75) is 45.1 Å². The van der Waals surface area contributed by atoms with Crippen LogP contribution in [0, 0.1) is 12.8 Å².